The molecule has 1 aromatic rings. The molecule has 0 amide bonds. The van der Waals surface area contributed by atoms with Crippen LogP contribution in [0.2, 0.25) is 0 Å². The first-order chi connectivity index (χ1) is 7.63. The van der Waals surface area contributed by atoms with Gasteiger partial charge in [-0.1, -0.05) is 0 Å². The van der Waals surface area contributed by atoms with Crippen LogP contribution in [0.25, 0.3) is 0 Å². The fraction of sp³-hybridized carbons (Fsp3) is 0.417. The molecule has 1 aliphatic rings. The van der Waals surface area contributed by atoms with Gasteiger partial charge in [0.15, 0.2) is 11.5 Å². The average Bonchev–Trinajstić information content (AvgIpc) is 3.05. The Hall–Kier alpha value is -1.03. The molecule has 0 atom stereocenters. The zero-order valence-electron chi connectivity index (χ0n) is 9.00. The number of phenolic OH excluding ortho intramolecular Hbond substituents is 1. The molecule has 1 aromatic carbocycles. The smallest absolute Gasteiger partial charge is 0.172 e. The summed E-state index contributed by atoms with van der Waals surface area (Å²) in [4.78, 5) is 11.0. The normalized spacial score (nSPS) is 16.9. The van der Waals surface area contributed by atoms with E-state index in [4.69, 9.17) is 4.74 Å². The van der Waals surface area contributed by atoms with Crippen LogP contribution in [-0.2, 0) is 10.2 Å². The lowest BCUT2D eigenvalue weighted by Gasteiger charge is -2.13. The number of halogens is 1. The van der Waals surface area contributed by atoms with E-state index >= 15 is 0 Å². The molecular weight excluding hydrogens is 272 g/mol. The summed E-state index contributed by atoms with van der Waals surface area (Å²) in [5, 5.41) is 9.75. The van der Waals surface area contributed by atoms with E-state index < -0.39 is 0 Å². The fourth-order valence-corrected chi connectivity index (χ4v) is 2.18. The molecule has 0 radical (unpaired) electrons. The minimum absolute atomic E-state index is 0.0901. The highest BCUT2D eigenvalue weighted by atomic mass is 79.9. The first-order valence-corrected chi connectivity index (χ1v) is 6.04. The highest BCUT2D eigenvalue weighted by Gasteiger charge is 2.44. The predicted octanol–water partition coefficient (Wildman–Crippen LogP) is 2.78. The van der Waals surface area contributed by atoms with Crippen molar-refractivity contribution >= 4 is 22.2 Å². The minimum atomic E-state index is -0.345. The first kappa shape index (κ1) is 11.5. The van der Waals surface area contributed by atoms with Crippen LogP contribution in [0.5, 0.6) is 11.5 Å². The Morgan fingerprint density at radius 3 is 2.75 bits per heavy atom. The fourth-order valence-electron chi connectivity index (χ4n) is 1.74. The van der Waals surface area contributed by atoms with E-state index in [1.807, 2.05) is 6.92 Å². The lowest BCUT2D eigenvalue weighted by molar-refractivity contribution is -0.109. The highest BCUT2D eigenvalue weighted by Crippen LogP contribution is 2.49. The van der Waals surface area contributed by atoms with Gasteiger partial charge >= 0.3 is 0 Å². The Labute approximate surface area is 103 Å². The molecule has 4 heteroatoms. The molecule has 0 heterocycles. The molecule has 0 unspecified atom stereocenters. The zero-order chi connectivity index (χ0) is 11.8. The van der Waals surface area contributed by atoms with Crippen molar-refractivity contribution in [1.29, 1.82) is 0 Å². The number of carbonyl (C=O) groups excluding carboxylic acids is 1. The summed E-state index contributed by atoms with van der Waals surface area (Å²) in [6.45, 7) is 2.34. The molecule has 1 saturated carbocycles. The van der Waals surface area contributed by atoms with Gasteiger partial charge in [0.25, 0.3) is 0 Å². The highest BCUT2D eigenvalue weighted by molar-refractivity contribution is 9.10. The predicted molar refractivity (Wildman–Crippen MR) is 64.0 cm³/mol. The maximum atomic E-state index is 11.0. The largest absolute Gasteiger partial charge is 0.503 e. The minimum Gasteiger partial charge on any atom is -0.503 e. The lowest BCUT2D eigenvalue weighted by Crippen LogP contribution is -2.08. The van der Waals surface area contributed by atoms with Gasteiger partial charge in [0.05, 0.1) is 16.5 Å². The monoisotopic (exact) mass is 284 g/mol. The molecule has 2 rings (SSSR count). The van der Waals surface area contributed by atoms with Gasteiger partial charge in [-0.3, -0.25) is 0 Å². The summed E-state index contributed by atoms with van der Waals surface area (Å²) in [5.74, 6) is 0.521. The summed E-state index contributed by atoms with van der Waals surface area (Å²) in [7, 11) is 0. The topological polar surface area (TPSA) is 46.5 Å². The van der Waals surface area contributed by atoms with Crippen molar-refractivity contribution in [1.82, 2.24) is 0 Å². The van der Waals surface area contributed by atoms with E-state index in [1.165, 1.54) is 0 Å². The Morgan fingerprint density at radius 1 is 1.56 bits per heavy atom. The van der Waals surface area contributed by atoms with E-state index in [0.717, 1.165) is 24.7 Å². The number of ether oxygens (including phenoxy) is 1. The van der Waals surface area contributed by atoms with E-state index in [9.17, 15) is 9.90 Å². The zero-order valence-corrected chi connectivity index (χ0v) is 10.6. The number of aromatic hydroxyl groups is 1. The van der Waals surface area contributed by atoms with Crippen molar-refractivity contribution < 1.29 is 14.6 Å². The van der Waals surface area contributed by atoms with Crippen LogP contribution < -0.4 is 4.74 Å². The number of rotatable bonds is 4. The quantitative estimate of drug-likeness (QED) is 0.865. The second kappa shape index (κ2) is 4.09. The summed E-state index contributed by atoms with van der Waals surface area (Å²) in [6.07, 6.45) is 2.74. The van der Waals surface area contributed by atoms with Gasteiger partial charge in [-0.15, -0.1) is 0 Å². The third-order valence-corrected chi connectivity index (χ3v) is 3.52. The maximum Gasteiger partial charge on any atom is 0.172 e. The van der Waals surface area contributed by atoms with Gasteiger partial charge < -0.3 is 14.6 Å². The second-order valence-corrected chi connectivity index (χ2v) is 4.87. The van der Waals surface area contributed by atoms with Gasteiger partial charge in [-0.05, 0) is 53.4 Å². The van der Waals surface area contributed by atoms with E-state index in [0.29, 0.717) is 16.8 Å². The Balaban J connectivity index is 2.44. The summed E-state index contributed by atoms with van der Waals surface area (Å²) >= 11 is 3.27. The van der Waals surface area contributed by atoms with Crippen LogP contribution in [0.1, 0.15) is 25.3 Å². The van der Waals surface area contributed by atoms with Crippen molar-refractivity contribution in [3.05, 3.63) is 22.2 Å². The van der Waals surface area contributed by atoms with Crippen molar-refractivity contribution in [3.63, 3.8) is 0 Å². The number of phenols is 1. The SMILES string of the molecule is CCOc1cc(C2(C=O)CC2)cc(Br)c1O. The number of carbonyl (C=O) groups is 1. The molecule has 0 aliphatic heterocycles. The molecule has 1 N–H and O–H groups in total. The van der Waals surface area contributed by atoms with E-state index in [1.54, 1.807) is 12.1 Å². The molecule has 1 aliphatic carbocycles. The number of benzene rings is 1. The van der Waals surface area contributed by atoms with Crippen LogP contribution in [0, 0.1) is 0 Å². The van der Waals surface area contributed by atoms with Gasteiger partial charge in [0.2, 0.25) is 0 Å². The molecule has 0 spiro atoms. The number of hydrogen-bond acceptors (Lipinski definition) is 3. The Morgan fingerprint density at radius 2 is 2.25 bits per heavy atom. The Bertz CT molecular complexity index is 425. The van der Waals surface area contributed by atoms with Crippen LogP contribution in [0.4, 0.5) is 0 Å². The van der Waals surface area contributed by atoms with Gasteiger partial charge in [-0.2, -0.15) is 0 Å². The Kier molecular flexibility index (Phi) is 2.93. The van der Waals surface area contributed by atoms with Gasteiger partial charge in [0, 0.05) is 0 Å². The summed E-state index contributed by atoms with van der Waals surface area (Å²) in [6, 6.07) is 3.55. The lowest BCUT2D eigenvalue weighted by atomic mass is 9.97. The molecule has 3 nitrogen and oxygen atoms in total. The van der Waals surface area contributed by atoms with E-state index in [-0.39, 0.29) is 11.2 Å². The number of hydrogen-bond donors (Lipinski definition) is 1. The average molecular weight is 285 g/mol. The van der Waals surface area contributed by atoms with Crippen LogP contribution in [-0.4, -0.2) is 18.0 Å². The van der Waals surface area contributed by atoms with E-state index in [2.05, 4.69) is 15.9 Å². The van der Waals surface area contributed by atoms with Gasteiger partial charge in [-0.25, -0.2) is 0 Å². The second-order valence-electron chi connectivity index (χ2n) is 4.01. The molecule has 86 valence electrons. The van der Waals surface area contributed by atoms with Crippen molar-refractivity contribution in [2.75, 3.05) is 6.61 Å². The maximum absolute atomic E-state index is 11.0. The molecule has 1 fully saturated rings. The molecule has 0 saturated heterocycles. The summed E-state index contributed by atoms with van der Waals surface area (Å²) in [5.41, 5.74) is 0.567. The standard InChI is InChI=1S/C12H13BrO3/c1-2-16-10-6-8(5-9(13)11(10)15)12(7-14)3-4-12/h5-7,15H,2-4H2,1H3. The van der Waals surface area contributed by atoms with Crippen LogP contribution >= 0.6 is 15.9 Å². The molecular formula is C12H13BrO3. The van der Waals surface area contributed by atoms with Crippen molar-refractivity contribution in [3.8, 4) is 11.5 Å². The molecule has 0 aromatic heterocycles. The molecule has 0 bridgehead atoms. The third kappa shape index (κ3) is 1.82. The van der Waals surface area contributed by atoms with Gasteiger partial charge in [0.1, 0.15) is 6.29 Å². The first-order valence-electron chi connectivity index (χ1n) is 5.25. The summed E-state index contributed by atoms with van der Waals surface area (Å²) < 4.78 is 5.90. The van der Waals surface area contributed by atoms with Crippen LogP contribution in [0.15, 0.2) is 16.6 Å². The molecule has 16 heavy (non-hydrogen) atoms. The van der Waals surface area contributed by atoms with Crippen molar-refractivity contribution in [2.45, 2.75) is 25.2 Å². The van der Waals surface area contributed by atoms with Crippen LogP contribution in [0.3, 0.4) is 0 Å². The number of aldehydes is 1. The third-order valence-electron chi connectivity index (χ3n) is 2.92. The van der Waals surface area contributed by atoms with Crippen molar-refractivity contribution in [2.24, 2.45) is 0 Å².